The lowest BCUT2D eigenvalue weighted by Crippen LogP contribution is -2.44. The molecule has 8 heteroatoms. The second kappa shape index (κ2) is 11.0. The number of piperidine rings is 1. The predicted octanol–water partition coefficient (Wildman–Crippen LogP) is 4.33. The molecule has 2 aromatic carbocycles. The van der Waals surface area contributed by atoms with Crippen LogP contribution in [-0.2, 0) is 10.0 Å². The first kappa shape index (κ1) is 24.3. The van der Waals surface area contributed by atoms with Crippen molar-refractivity contribution in [2.24, 2.45) is 0 Å². The summed E-state index contributed by atoms with van der Waals surface area (Å²) in [5.74, 6) is -0.290. The molecule has 0 saturated carbocycles. The summed E-state index contributed by atoms with van der Waals surface area (Å²) < 4.78 is 28.2. The average Bonchev–Trinajstić information content (AvgIpc) is 2.79. The highest BCUT2D eigenvalue weighted by Gasteiger charge is 2.28. The lowest BCUT2D eigenvalue weighted by molar-refractivity contribution is 0.0911. The number of nitrogens with one attached hydrogen (secondary N) is 1. The van der Waals surface area contributed by atoms with E-state index < -0.39 is 10.0 Å². The molecule has 1 aliphatic heterocycles. The molecule has 1 fully saturated rings. The van der Waals surface area contributed by atoms with Gasteiger partial charge in [0.25, 0.3) is 15.9 Å². The number of amides is 1. The topological polar surface area (TPSA) is 69.7 Å². The third-order valence-electron chi connectivity index (χ3n) is 5.56. The molecule has 0 aliphatic carbocycles. The zero-order chi connectivity index (χ0) is 23.1. The highest BCUT2D eigenvalue weighted by atomic mass is 35.5. The number of rotatable bonds is 9. The molecule has 0 radical (unpaired) electrons. The van der Waals surface area contributed by atoms with Gasteiger partial charge >= 0.3 is 0 Å². The molecule has 1 saturated heterocycles. The highest BCUT2D eigenvalue weighted by Crippen LogP contribution is 2.29. The molecule has 1 N–H and O–H groups in total. The van der Waals surface area contributed by atoms with Crippen LogP contribution in [-0.4, -0.2) is 51.4 Å². The Morgan fingerprint density at radius 2 is 1.91 bits per heavy atom. The fourth-order valence-corrected chi connectivity index (χ4v) is 5.84. The van der Waals surface area contributed by atoms with E-state index >= 15 is 0 Å². The van der Waals surface area contributed by atoms with Crippen LogP contribution in [0.2, 0.25) is 5.02 Å². The van der Waals surface area contributed by atoms with Crippen molar-refractivity contribution in [1.82, 2.24) is 10.2 Å². The second-order valence-electron chi connectivity index (χ2n) is 7.89. The smallest absolute Gasteiger partial charge is 0.266 e. The number of hydrogen-bond donors (Lipinski definition) is 1. The zero-order valence-corrected chi connectivity index (χ0v) is 19.9. The van der Waals surface area contributed by atoms with Gasteiger partial charge in [-0.3, -0.25) is 9.10 Å². The maximum absolute atomic E-state index is 13.5. The summed E-state index contributed by atoms with van der Waals surface area (Å²) in [6.45, 7) is 8.89. The summed E-state index contributed by atoms with van der Waals surface area (Å²) in [4.78, 5) is 15.2. The largest absolute Gasteiger partial charge is 0.349 e. The van der Waals surface area contributed by atoms with E-state index in [1.165, 1.54) is 22.5 Å². The van der Waals surface area contributed by atoms with Crippen LogP contribution in [0, 0.1) is 0 Å². The number of sulfonamides is 1. The molecule has 0 unspecified atom stereocenters. The Labute approximate surface area is 195 Å². The number of carbonyl (C=O) groups is 1. The number of nitrogens with zero attached hydrogens (tertiary/aromatic N) is 2. The van der Waals surface area contributed by atoms with Crippen LogP contribution in [0.1, 0.15) is 36.5 Å². The van der Waals surface area contributed by atoms with E-state index in [4.69, 9.17) is 11.6 Å². The van der Waals surface area contributed by atoms with E-state index in [-0.39, 0.29) is 34.0 Å². The molecule has 0 aromatic heterocycles. The first-order valence-corrected chi connectivity index (χ1v) is 12.7. The van der Waals surface area contributed by atoms with Crippen molar-refractivity contribution in [2.45, 2.75) is 37.1 Å². The average molecular weight is 476 g/mol. The maximum Gasteiger partial charge on any atom is 0.266 e. The summed E-state index contributed by atoms with van der Waals surface area (Å²) in [5, 5.41) is 3.12. The third kappa shape index (κ3) is 5.71. The third-order valence-corrected chi connectivity index (χ3v) is 7.84. The van der Waals surface area contributed by atoms with Gasteiger partial charge in [-0.1, -0.05) is 42.8 Å². The molecule has 2 aromatic rings. The molecule has 0 spiro atoms. The first-order chi connectivity index (χ1) is 15.4. The summed E-state index contributed by atoms with van der Waals surface area (Å²) >= 11 is 6.29. The van der Waals surface area contributed by atoms with Crippen LogP contribution in [0.5, 0.6) is 0 Å². The van der Waals surface area contributed by atoms with Crippen molar-refractivity contribution in [3.63, 3.8) is 0 Å². The summed E-state index contributed by atoms with van der Waals surface area (Å²) in [6.07, 6.45) is 4.39. The number of para-hydroxylation sites is 1. The quantitative estimate of drug-likeness (QED) is 0.548. The molecule has 1 heterocycles. The second-order valence-corrected chi connectivity index (χ2v) is 10.1. The van der Waals surface area contributed by atoms with E-state index in [9.17, 15) is 13.2 Å². The van der Waals surface area contributed by atoms with Crippen molar-refractivity contribution < 1.29 is 13.2 Å². The lowest BCUT2D eigenvalue weighted by atomic mass is 10.0. The normalized spacial score (nSPS) is 15.3. The number of hydrogen-bond acceptors (Lipinski definition) is 4. The number of halogens is 1. The van der Waals surface area contributed by atoms with Gasteiger partial charge in [-0.25, -0.2) is 8.42 Å². The van der Waals surface area contributed by atoms with Gasteiger partial charge in [0.15, 0.2) is 0 Å². The molecule has 6 nitrogen and oxygen atoms in total. The van der Waals surface area contributed by atoms with E-state index in [1.54, 1.807) is 30.3 Å². The van der Waals surface area contributed by atoms with Gasteiger partial charge in [0.2, 0.25) is 0 Å². The van der Waals surface area contributed by atoms with Gasteiger partial charge in [0.05, 0.1) is 17.3 Å². The van der Waals surface area contributed by atoms with E-state index in [2.05, 4.69) is 23.7 Å². The van der Waals surface area contributed by atoms with Gasteiger partial charge in [-0.05, 0) is 56.1 Å². The maximum atomic E-state index is 13.5. The van der Waals surface area contributed by atoms with Crippen LogP contribution >= 0.6 is 11.6 Å². The van der Waals surface area contributed by atoms with Crippen molar-refractivity contribution >= 4 is 33.2 Å². The van der Waals surface area contributed by atoms with E-state index in [0.29, 0.717) is 5.69 Å². The molecule has 32 heavy (non-hydrogen) atoms. The van der Waals surface area contributed by atoms with Crippen LogP contribution < -0.4 is 9.62 Å². The van der Waals surface area contributed by atoms with Crippen molar-refractivity contribution in [1.29, 1.82) is 0 Å². The SMILES string of the molecule is C=CCN(c1ccccc1)S(=O)(=O)c1cc(C(=O)NC2CCN(CCC)CC2)ccc1Cl. The molecule has 0 bridgehead atoms. The fourth-order valence-electron chi connectivity index (χ4n) is 3.90. The first-order valence-electron chi connectivity index (χ1n) is 10.9. The fraction of sp³-hybridized carbons (Fsp3) is 0.375. The number of benzene rings is 2. The Morgan fingerprint density at radius 3 is 2.53 bits per heavy atom. The number of carbonyl (C=O) groups excluding carboxylic acids is 1. The number of likely N-dealkylation sites (tertiary alicyclic amines) is 1. The molecule has 3 rings (SSSR count). The van der Waals surface area contributed by atoms with Crippen molar-refractivity contribution in [3.8, 4) is 0 Å². The standard InChI is InChI=1S/C24H30ClN3O3S/c1-3-14-27-16-12-20(13-17-27)26-24(29)19-10-11-22(25)23(18-19)32(30,31)28(15-4-2)21-8-6-5-7-9-21/h4-11,18,20H,2-3,12-17H2,1H3,(H,26,29). The number of anilines is 1. The van der Waals surface area contributed by atoms with Crippen LogP contribution in [0.4, 0.5) is 5.69 Å². The van der Waals surface area contributed by atoms with E-state index in [1.807, 2.05) is 6.07 Å². The molecule has 172 valence electrons. The van der Waals surface area contributed by atoms with E-state index in [0.717, 1.165) is 38.9 Å². The Balaban J connectivity index is 1.81. The van der Waals surface area contributed by atoms with Crippen LogP contribution in [0.15, 0.2) is 66.1 Å². The minimum atomic E-state index is -4.01. The van der Waals surface area contributed by atoms with Crippen LogP contribution in [0.3, 0.4) is 0 Å². The lowest BCUT2D eigenvalue weighted by Gasteiger charge is -2.32. The van der Waals surface area contributed by atoms with Crippen molar-refractivity contribution in [2.75, 3.05) is 30.5 Å². The highest BCUT2D eigenvalue weighted by molar-refractivity contribution is 7.93. The van der Waals surface area contributed by atoms with Gasteiger partial charge in [0.1, 0.15) is 4.90 Å². The molecular formula is C24H30ClN3O3S. The van der Waals surface area contributed by atoms with Gasteiger partial charge in [-0.15, -0.1) is 6.58 Å². The molecular weight excluding hydrogens is 446 g/mol. The Kier molecular flexibility index (Phi) is 8.34. The Hall–Kier alpha value is -2.35. The molecule has 1 amide bonds. The summed E-state index contributed by atoms with van der Waals surface area (Å²) in [5.41, 5.74) is 0.771. The molecule has 1 aliphatic rings. The summed E-state index contributed by atoms with van der Waals surface area (Å²) in [6, 6.07) is 13.2. The van der Waals surface area contributed by atoms with Crippen molar-refractivity contribution in [3.05, 3.63) is 71.8 Å². The Morgan fingerprint density at radius 1 is 1.22 bits per heavy atom. The van der Waals surface area contributed by atoms with Gasteiger partial charge in [0, 0.05) is 24.7 Å². The molecule has 0 atom stereocenters. The Bertz CT molecular complexity index is 1040. The monoisotopic (exact) mass is 475 g/mol. The van der Waals surface area contributed by atoms with Gasteiger partial charge < -0.3 is 10.2 Å². The minimum Gasteiger partial charge on any atom is -0.349 e. The van der Waals surface area contributed by atoms with Gasteiger partial charge in [-0.2, -0.15) is 0 Å². The predicted molar refractivity (Wildman–Crippen MR) is 130 cm³/mol. The minimum absolute atomic E-state index is 0.0689. The van der Waals surface area contributed by atoms with Crippen LogP contribution in [0.25, 0.3) is 0 Å². The zero-order valence-electron chi connectivity index (χ0n) is 18.3. The summed E-state index contributed by atoms with van der Waals surface area (Å²) in [7, 11) is -4.01.